The van der Waals surface area contributed by atoms with E-state index in [1.165, 1.54) is 4.90 Å². The molecule has 1 fully saturated rings. The number of hydrogen-bond acceptors (Lipinski definition) is 6. The first kappa shape index (κ1) is 21.3. The average Bonchev–Trinajstić information content (AvgIpc) is 2.78. The molecule has 0 radical (unpaired) electrons. The highest BCUT2D eigenvalue weighted by atomic mass is 127. The van der Waals surface area contributed by atoms with Gasteiger partial charge >= 0.3 is 6.09 Å². The largest absolute Gasteiger partial charge is 0.465 e. The summed E-state index contributed by atoms with van der Waals surface area (Å²) < 4.78 is 1.08. The van der Waals surface area contributed by atoms with Gasteiger partial charge in [-0.3, -0.25) is 5.43 Å². The number of halogens is 1. The third-order valence-electron chi connectivity index (χ3n) is 5.47. The molecule has 2 aromatic heterocycles. The van der Waals surface area contributed by atoms with Gasteiger partial charge in [-0.25, -0.2) is 14.8 Å². The van der Waals surface area contributed by atoms with Gasteiger partial charge in [-0.05, 0) is 59.7 Å². The van der Waals surface area contributed by atoms with E-state index in [9.17, 15) is 9.90 Å². The number of carboxylic acid groups (broad SMARTS) is 1. The number of benzene rings is 1. The predicted octanol–water partition coefficient (Wildman–Crippen LogP) is 4.26. The van der Waals surface area contributed by atoms with Crippen molar-refractivity contribution in [1.82, 2.24) is 14.9 Å². The highest BCUT2D eigenvalue weighted by Crippen LogP contribution is 2.28. The number of piperidine rings is 1. The topological polar surface area (TPSA) is 94.0 Å². The molecule has 1 saturated heterocycles. The van der Waals surface area contributed by atoms with Crippen LogP contribution in [0.15, 0.2) is 53.8 Å². The standard InChI is InChI=1S/C22H23IN6O2/c1-28(22(30)31)18-8-11-29(12-9-18)19-4-2-3-15-5-6-17(26-21(15)19)14-25-27-20-13-16(23)7-10-24-20/h2-7,10,13-14,18H,8-9,11-12H2,1H3,(H,24,27)(H,30,31). The number of rotatable bonds is 5. The van der Waals surface area contributed by atoms with Crippen molar-refractivity contribution in [3.8, 4) is 0 Å². The van der Waals surface area contributed by atoms with Crippen molar-refractivity contribution < 1.29 is 9.90 Å². The number of fused-ring (bicyclic) bond motifs is 1. The molecule has 0 spiro atoms. The number of para-hydroxylation sites is 1. The van der Waals surface area contributed by atoms with Crippen LogP contribution < -0.4 is 10.3 Å². The lowest BCUT2D eigenvalue weighted by atomic mass is 10.0. The van der Waals surface area contributed by atoms with Crippen LogP contribution in [-0.4, -0.2) is 58.5 Å². The molecule has 0 unspecified atom stereocenters. The third kappa shape index (κ3) is 5.04. The Bertz CT molecular complexity index is 1110. The Kier molecular flexibility index (Phi) is 6.50. The Morgan fingerprint density at radius 3 is 2.84 bits per heavy atom. The molecule has 160 valence electrons. The Morgan fingerprint density at radius 2 is 2.10 bits per heavy atom. The summed E-state index contributed by atoms with van der Waals surface area (Å²) in [5, 5.41) is 14.6. The van der Waals surface area contributed by atoms with Crippen LogP contribution in [0.2, 0.25) is 0 Å². The van der Waals surface area contributed by atoms with Crippen LogP contribution in [0, 0.1) is 3.57 Å². The van der Waals surface area contributed by atoms with Gasteiger partial charge < -0.3 is 14.9 Å². The maximum atomic E-state index is 11.2. The minimum absolute atomic E-state index is 0.0557. The van der Waals surface area contributed by atoms with Gasteiger partial charge in [0.1, 0.15) is 5.82 Å². The fourth-order valence-electron chi connectivity index (χ4n) is 3.75. The number of nitrogens with one attached hydrogen (secondary N) is 1. The Hall–Kier alpha value is -2.95. The van der Waals surface area contributed by atoms with E-state index < -0.39 is 6.09 Å². The maximum absolute atomic E-state index is 11.2. The van der Waals surface area contributed by atoms with Crippen molar-refractivity contribution in [2.45, 2.75) is 18.9 Å². The van der Waals surface area contributed by atoms with Crippen molar-refractivity contribution >= 4 is 57.3 Å². The van der Waals surface area contributed by atoms with E-state index in [1.54, 1.807) is 19.5 Å². The minimum Gasteiger partial charge on any atom is -0.465 e. The monoisotopic (exact) mass is 530 g/mol. The van der Waals surface area contributed by atoms with Crippen LogP contribution in [0.3, 0.4) is 0 Å². The number of anilines is 2. The first-order valence-corrected chi connectivity index (χ1v) is 11.1. The zero-order valence-electron chi connectivity index (χ0n) is 17.1. The van der Waals surface area contributed by atoms with Crippen LogP contribution in [0.1, 0.15) is 18.5 Å². The zero-order valence-corrected chi connectivity index (χ0v) is 19.2. The van der Waals surface area contributed by atoms with E-state index in [1.807, 2.05) is 36.4 Å². The van der Waals surface area contributed by atoms with Crippen molar-refractivity contribution in [3.63, 3.8) is 0 Å². The second-order valence-electron chi connectivity index (χ2n) is 7.43. The number of hydrazone groups is 1. The molecule has 0 aliphatic carbocycles. The van der Waals surface area contributed by atoms with Gasteiger partial charge in [-0.1, -0.05) is 18.2 Å². The lowest BCUT2D eigenvalue weighted by Gasteiger charge is -2.37. The lowest BCUT2D eigenvalue weighted by Crippen LogP contribution is -2.45. The minimum atomic E-state index is -0.872. The highest BCUT2D eigenvalue weighted by Gasteiger charge is 2.26. The molecule has 0 bridgehead atoms. The van der Waals surface area contributed by atoms with Crippen LogP contribution in [0.4, 0.5) is 16.3 Å². The average molecular weight is 530 g/mol. The number of hydrogen-bond donors (Lipinski definition) is 2. The van der Waals surface area contributed by atoms with Gasteiger partial charge in [-0.15, -0.1) is 0 Å². The Balaban J connectivity index is 1.51. The van der Waals surface area contributed by atoms with Gasteiger partial charge in [0.2, 0.25) is 0 Å². The van der Waals surface area contributed by atoms with E-state index in [0.29, 0.717) is 5.82 Å². The van der Waals surface area contributed by atoms with Crippen molar-refractivity contribution in [3.05, 3.63) is 57.9 Å². The number of carbonyl (C=O) groups is 1. The van der Waals surface area contributed by atoms with E-state index in [0.717, 1.165) is 51.8 Å². The quantitative estimate of drug-likeness (QED) is 0.291. The first-order chi connectivity index (χ1) is 15.0. The second-order valence-corrected chi connectivity index (χ2v) is 8.67. The molecule has 0 saturated carbocycles. The number of nitrogens with zero attached hydrogens (tertiary/aromatic N) is 5. The predicted molar refractivity (Wildman–Crippen MR) is 131 cm³/mol. The highest BCUT2D eigenvalue weighted by molar-refractivity contribution is 14.1. The van der Waals surface area contributed by atoms with Gasteiger partial charge in [0, 0.05) is 41.3 Å². The van der Waals surface area contributed by atoms with Crippen molar-refractivity contribution in [1.29, 1.82) is 0 Å². The molecule has 8 nitrogen and oxygen atoms in total. The molecule has 3 aromatic rings. The molecule has 1 amide bonds. The molecular weight excluding hydrogens is 507 g/mol. The van der Waals surface area contributed by atoms with E-state index in [2.05, 4.69) is 49.1 Å². The Morgan fingerprint density at radius 1 is 1.29 bits per heavy atom. The van der Waals surface area contributed by atoms with Gasteiger partial charge in [-0.2, -0.15) is 5.10 Å². The maximum Gasteiger partial charge on any atom is 0.407 e. The summed E-state index contributed by atoms with van der Waals surface area (Å²) >= 11 is 2.23. The SMILES string of the molecule is CN(C(=O)O)C1CCN(c2cccc3ccc(C=NNc4cc(I)ccn4)nc23)CC1. The molecule has 9 heteroatoms. The molecule has 31 heavy (non-hydrogen) atoms. The summed E-state index contributed by atoms with van der Waals surface area (Å²) in [5.74, 6) is 0.679. The summed E-state index contributed by atoms with van der Waals surface area (Å²) in [5.41, 5.74) is 5.67. The normalized spacial score (nSPS) is 14.8. The summed E-state index contributed by atoms with van der Waals surface area (Å²) in [6.07, 6.45) is 4.15. The summed E-state index contributed by atoms with van der Waals surface area (Å²) in [7, 11) is 1.65. The molecule has 3 heterocycles. The summed E-state index contributed by atoms with van der Waals surface area (Å²) in [6.45, 7) is 1.59. The van der Waals surface area contributed by atoms with Crippen molar-refractivity contribution in [2.75, 3.05) is 30.5 Å². The van der Waals surface area contributed by atoms with Crippen LogP contribution >= 0.6 is 22.6 Å². The molecular formula is C22H23IN6O2. The number of aromatic nitrogens is 2. The van der Waals surface area contributed by atoms with E-state index >= 15 is 0 Å². The molecule has 4 rings (SSSR count). The van der Waals surface area contributed by atoms with E-state index in [-0.39, 0.29) is 6.04 Å². The van der Waals surface area contributed by atoms with Crippen molar-refractivity contribution in [2.24, 2.45) is 5.10 Å². The van der Waals surface area contributed by atoms with Crippen LogP contribution in [0.5, 0.6) is 0 Å². The van der Waals surface area contributed by atoms with Crippen LogP contribution in [0.25, 0.3) is 10.9 Å². The third-order valence-corrected chi connectivity index (χ3v) is 6.14. The smallest absolute Gasteiger partial charge is 0.407 e. The molecule has 1 aliphatic rings. The number of amides is 1. The lowest BCUT2D eigenvalue weighted by molar-refractivity contribution is 0.131. The Labute approximate surface area is 194 Å². The van der Waals surface area contributed by atoms with Crippen LogP contribution in [-0.2, 0) is 0 Å². The first-order valence-electron chi connectivity index (χ1n) is 10.0. The fourth-order valence-corrected chi connectivity index (χ4v) is 4.21. The zero-order chi connectivity index (χ0) is 21.8. The molecule has 0 atom stereocenters. The molecule has 2 N–H and O–H groups in total. The van der Waals surface area contributed by atoms with E-state index in [4.69, 9.17) is 4.98 Å². The summed E-state index contributed by atoms with van der Waals surface area (Å²) in [6, 6.07) is 14.0. The summed E-state index contributed by atoms with van der Waals surface area (Å²) in [4.78, 5) is 24.0. The van der Waals surface area contributed by atoms with Gasteiger partial charge in [0.05, 0.1) is 23.1 Å². The second kappa shape index (κ2) is 9.46. The van der Waals surface area contributed by atoms with Gasteiger partial charge in [0.25, 0.3) is 0 Å². The van der Waals surface area contributed by atoms with Gasteiger partial charge in [0.15, 0.2) is 0 Å². The molecule has 1 aromatic carbocycles. The molecule has 1 aliphatic heterocycles. The fraction of sp³-hybridized carbons (Fsp3) is 0.273. The number of pyridine rings is 2.